The van der Waals surface area contributed by atoms with Crippen LogP contribution in [-0.2, 0) is 4.79 Å². The summed E-state index contributed by atoms with van der Waals surface area (Å²) in [6, 6.07) is 5.99. The Hall–Kier alpha value is -1.23. The number of ether oxygens (including phenoxy) is 2. The highest BCUT2D eigenvalue weighted by molar-refractivity contribution is 9.09. The molecule has 1 heterocycles. The fourth-order valence-electron chi connectivity index (χ4n) is 2.91. The average Bonchev–Trinajstić information content (AvgIpc) is 2.89. The highest BCUT2D eigenvalue weighted by atomic mass is 79.9. The summed E-state index contributed by atoms with van der Waals surface area (Å²) in [6.45, 7) is 2.92. The van der Waals surface area contributed by atoms with Crippen LogP contribution in [0.5, 0.6) is 11.5 Å². The number of benzene rings is 1. The predicted molar refractivity (Wildman–Crippen MR) is 86.2 cm³/mol. The van der Waals surface area contributed by atoms with Crippen molar-refractivity contribution in [1.29, 1.82) is 0 Å². The third-order valence-corrected chi connectivity index (χ3v) is 4.93. The second kappa shape index (κ2) is 7.16. The average molecular weight is 356 g/mol. The summed E-state index contributed by atoms with van der Waals surface area (Å²) in [5.41, 5.74) is 1.10. The number of hydrogen-bond acceptors (Lipinski definition) is 3. The van der Waals surface area contributed by atoms with Crippen molar-refractivity contribution in [2.24, 2.45) is 5.92 Å². The number of likely N-dealkylation sites (tertiary alicyclic amines) is 1. The molecule has 0 N–H and O–H groups in total. The summed E-state index contributed by atoms with van der Waals surface area (Å²) >= 11 is 3.48. The molecule has 0 aliphatic carbocycles. The van der Waals surface area contributed by atoms with Crippen molar-refractivity contribution < 1.29 is 14.3 Å². The normalized spacial score (nSPS) is 19.7. The Morgan fingerprint density at radius 1 is 1.33 bits per heavy atom. The largest absolute Gasteiger partial charge is 0.493 e. The van der Waals surface area contributed by atoms with Gasteiger partial charge in [0.1, 0.15) is 0 Å². The molecule has 0 saturated carbocycles. The number of alkyl halides is 1. The van der Waals surface area contributed by atoms with Crippen LogP contribution in [0, 0.1) is 5.92 Å². The van der Waals surface area contributed by atoms with Gasteiger partial charge in [-0.3, -0.25) is 4.79 Å². The van der Waals surface area contributed by atoms with Crippen LogP contribution in [0.3, 0.4) is 0 Å². The molecule has 0 aromatic heterocycles. The fraction of sp³-hybridized carbons (Fsp3) is 0.562. The van der Waals surface area contributed by atoms with E-state index in [9.17, 15) is 4.79 Å². The van der Waals surface area contributed by atoms with Gasteiger partial charge in [0.2, 0.25) is 5.91 Å². The van der Waals surface area contributed by atoms with Crippen LogP contribution in [0.4, 0.5) is 0 Å². The first-order chi connectivity index (χ1) is 10.1. The van der Waals surface area contributed by atoms with Crippen LogP contribution >= 0.6 is 15.9 Å². The fourth-order valence-corrected chi connectivity index (χ4v) is 3.34. The number of carbonyl (C=O) groups is 1. The molecule has 1 saturated heterocycles. The van der Waals surface area contributed by atoms with E-state index in [0.717, 1.165) is 23.9 Å². The lowest BCUT2D eigenvalue weighted by atomic mass is 10.0. The predicted octanol–water partition coefficient (Wildman–Crippen LogP) is 3.40. The van der Waals surface area contributed by atoms with Gasteiger partial charge in [-0.2, -0.15) is 0 Å². The lowest BCUT2D eigenvalue weighted by molar-refractivity contribution is -0.129. The van der Waals surface area contributed by atoms with Gasteiger partial charge in [-0.25, -0.2) is 0 Å². The monoisotopic (exact) mass is 355 g/mol. The molecule has 0 bridgehead atoms. The molecule has 1 amide bonds. The Labute approximate surface area is 134 Å². The van der Waals surface area contributed by atoms with Crippen molar-refractivity contribution >= 4 is 21.8 Å². The zero-order valence-corrected chi connectivity index (χ0v) is 14.4. The highest BCUT2D eigenvalue weighted by Gasteiger charge is 2.33. The van der Waals surface area contributed by atoms with Gasteiger partial charge in [0.25, 0.3) is 0 Å². The van der Waals surface area contributed by atoms with Gasteiger partial charge in [-0.1, -0.05) is 28.9 Å². The molecule has 2 rings (SSSR count). The van der Waals surface area contributed by atoms with Gasteiger partial charge in [0, 0.05) is 18.3 Å². The number of rotatable bonds is 6. The van der Waals surface area contributed by atoms with Crippen LogP contribution in [0.2, 0.25) is 0 Å². The first-order valence-electron chi connectivity index (χ1n) is 7.21. The van der Waals surface area contributed by atoms with E-state index in [-0.39, 0.29) is 11.9 Å². The van der Waals surface area contributed by atoms with Crippen LogP contribution in [-0.4, -0.2) is 36.9 Å². The molecule has 1 aromatic rings. The molecular formula is C16H22BrNO3. The van der Waals surface area contributed by atoms with Gasteiger partial charge < -0.3 is 14.4 Å². The summed E-state index contributed by atoms with van der Waals surface area (Å²) in [5.74, 6) is 2.06. The molecular weight excluding hydrogens is 334 g/mol. The van der Waals surface area contributed by atoms with E-state index in [4.69, 9.17) is 9.47 Å². The van der Waals surface area contributed by atoms with E-state index < -0.39 is 0 Å². The van der Waals surface area contributed by atoms with Crippen LogP contribution in [0.25, 0.3) is 0 Å². The van der Waals surface area contributed by atoms with E-state index in [1.54, 1.807) is 14.2 Å². The summed E-state index contributed by atoms with van der Waals surface area (Å²) in [4.78, 5) is 14.2. The molecule has 0 radical (unpaired) electrons. The second-order valence-electron chi connectivity index (χ2n) is 5.31. The molecule has 4 nitrogen and oxygen atoms in total. The van der Waals surface area contributed by atoms with Crippen molar-refractivity contribution in [3.63, 3.8) is 0 Å². The zero-order valence-electron chi connectivity index (χ0n) is 12.8. The van der Waals surface area contributed by atoms with Crippen LogP contribution < -0.4 is 9.47 Å². The molecule has 21 heavy (non-hydrogen) atoms. The molecule has 2 atom stereocenters. The maximum absolute atomic E-state index is 12.2. The number of amides is 1. The lowest BCUT2D eigenvalue weighted by Gasteiger charge is -2.28. The first kappa shape index (κ1) is 16.1. The smallest absolute Gasteiger partial charge is 0.223 e. The highest BCUT2D eigenvalue weighted by Crippen LogP contribution is 2.36. The zero-order chi connectivity index (χ0) is 15.4. The molecule has 2 unspecified atom stereocenters. The summed E-state index contributed by atoms with van der Waals surface area (Å²) < 4.78 is 10.6. The SMILES string of the molecule is CCC(c1ccc(OC)c(OC)c1)N1CC(CBr)CC1=O. The van der Waals surface area contributed by atoms with E-state index in [2.05, 4.69) is 22.9 Å². The Kier molecular flexibility index (Phi) is 5.51. The number of methoxy groups -OCH3 is 2. The van der Waals surface area contributed by atoms with Crippen molar-refractivity contribution in [2.75, 3.05) is 26.1 Å². The third-order valence-electron chi connectivity index (χ3n) is 4.01. The molecule has 1 fully saturated rings. The minimum Gasteiger partial charge on any atom is -0.493 e. The van der Waals surface area contributed by atoms with Crippen molar-refractivity contribution in [3.8, 4) is 11.5 Å². The topological polar surface area (TPSA) is 38.8 Å². The standard InChI is InChI=1S/C16H22BrNO3/c1-4-13(18-10-11(9-17)7-16(18)19)12-5-6-14(20-2)15(8-12)21-3/h5-6,8,11,13H,4,7,9-10H2,1-3H3. The Bertz CT molecular complexity index is 506. The molecule has 1 aliphatic heterocycles. The third kappa shape index (κ3) is 3.34. The van der Waals surface area contributed by atoms with Gasteiger partial charge in [-0.05, 0) is 30.0 Å². The van der Waals surface area contributed by atoms with Crippen molar-refractivity contribution in [3.05, 3.63) is 23.8 Å². The van der Waals surface area contributed by atoms with E-state index in [0.29, 0.717) is 23.8 Å². The van der Waals surface area contributed by atoms with Crippen LogP contribution in [0.1, 0.15) is 31.4 Å². The molecule has 5 heteroatoms. The quantitative estimate of drug-likeness (QED) is 0.734. The minimum absolute atomic E-state index is 0.0985. The number of halogens is 1. The molecule has 0 spiro atoms. The summed E-state index contributed by atoms with van der Waals surface area (Å²) in [5, 5.41) is 0.873. The van der Waals surface area contributed by atoms with Crippen LogP contribution in [0.15, 0.2) is 18.2 Å². The number of hydrogen-bond donors (Lipinski definition) is 0. The Morgan fingerprint density at radius 2 is 2.05 bits per heavy atom. The Balaban J connectivity index is 2.27. The maximum atomic E-state index is 12.2. The lowest BCUT2D eigenvalue weighted by Crippen LogP contribution is -2.30. The minimum atomic E-state index is 0.0985. The summed E-state index contributed by atoms with van der Waals surface area (Å²) in [6.07, 6.45) is 1.52. The Morgan fingerprint density at radius 3 is 2.57 bits per heavy atom. The van der Waals surface area contributed by atoms with Gasteiger partial charge in [0.15, 0.2) is 11.5 Å². The van der Waals surface area contributed by atoms with Gasteiger partial charge >= 0.3 is 0 Å². The van der Waals surface area contributed by atoms with E-state index in [1.165, 1.54) is 0 Å². The van der Waals surface area contributed by atoms with E-state index in [1.807, 2.05) is 23.1 Å². The number of carbonyl (C=O) groups excluding carboxylic acids is 1. The maximum Gasteiger partial charge on any atom is 0.223 e. The molecule has 1 aromatic carbocycles. The van der Waals surface area contributed by atoms with E-state index >= 15 is 0 Å². The van der Waals surface area contributed by atoms with Crippen molar-refractivity contribution in [1.82, 2.24) is 4.90 Å². The molecule has 116 valence electrons. The van der Waals surface area contributed by atoms with Gasteiger partial charge in [0.05, 0.1) is 20.3 Å². The second-order valence-corrected chi connectivity index (χ2v) is 5.96. The first-order valence-corrected chi connectivity index (χ1v) is 8.34. The number of nitrogens with zero attached hydrogens (tertiary/aromatic N) is 1. The van der Waals surface area contributed by atoms with Gasteiger partial charge in [-0.15, -0.1) is 0 Å². The summed E-state index contributed by atoms with van der Waals surface area (Å²) in [7, 11) is 3.25. The van der Waals surface area contributed by atoms with Crippen molar-refractivity contribution in [2.45, 2.75) is 25.8 Å². The molecule has 1 aliphatic rings.